The van der Waals surface area contributed by atoms with Crippen LogP contribution in [0.4, 0.5) is 0 Å². The van der Waals surface area contributed by atoms with Crippen molar-refractivity contribution in [1.29, 1.82) is 0 Å². The Morgan fingerprint density at radius 2 is 2.32 bits per heavy atom. The van der Waals surface area contributed by atoms with E-state index in [4.69, 9.17) is 21.1 Å². The van der Waals surface area contributed by atoms with Gasteiger partial charge in [0.05, 0.1) is 12.7 Å². The first-order chi connectivity index (χ1) is 12.2. The van der Waals surface area contributed by atoms with Crippen LogP contribution in [-0.4, -0.2) is 51.5 Å². The van der Waals surface area contributed by atoms with E-state index in [0.717, 1.165) is 74.2 Å². The fourth-order valence-electron chi connectivity index (χ4n) is 2.54. The number of hydrogen-bond acceptors (Lipinski definition) is 3. The van der Waals surface area contributed by atoms with Gasteiger partial charge in [0, 0.05) is 42.3 Å². The van der Waals surface area contributed by atoms with E-state index in [-0.39, 0.29) is 6.10 Å². The van der Waals surface area contributed by atoms with E-state index in [1.807, 2.05) is 18.2 Å². The average Bonchev–Trinajstić information content (AvgIpc) is 3.11. The number of hydrogen-bond donors (Lipinski definition) is 2. The van der Waals surface area contributed by atoms with Gasteiger partial charge in [-0.15, -0.1) is 0 Å². The van der Waals surface area contributed by atoms with Crippen LogP contribution in [0.2, 0.25) is 5.02 Å². The van der Waals surface area contributed by atoms with Crippen LogP contribution in [0.25, 0.3) is 0 Å². The third-order valence-corrected chi connectivity index (χ3v) is 4.86. The molecule has 140 valence electrons. The van der Waals surface area contributed by atoms with E-state index in [1.54, 1.807) is 0 Å². The van der Waals surface area contributed by atoms with Crippen molar-refractivity contribution < 1.29 is 9.47 Å². The lowest BCUT2D eigenvalue weighted by molar-refractivity contribution is 0.0424. The predicted octanol–water partition coefficient (Wildman–Crippen LogP) is 3.40. The monoisotopic (exact) mass is 431 g/mol. The molecule has 2 N–H and O–H groups in total. The number of rotatable bonds is 9. The number of halogens is 2. The lowest BCUT2D eigenvalue weighted by Gasteiger charge is -2.12. The molecule has 1 aliphatic heterocycles. The van der Waals surface area contributed by atoms with Gasteiger partial charge in [0.1, 0.15) is 0 Å². The molecule has 0 aromatic heterocycles. The summed E-state index contributed by atoms with van der Waals surface area (Å²) in [7, 11) is 0. The number of nitrogens with zero attached hydrogens (tertiary/aromatic N) is 1. The van der Waals surface area contributed by atoms with Crippen LogP contribution in [0.15, 0.2) is 27.7 Å². The molecule has 5 nitrogen and oxygen atoms in total. The Labute approximate surface area is 163 Å². The molecule has 0 bridgehead atoms. The maximum atomic E-state index is 6.06. The van der Waals surface area contributed by atoms with Gasteiger partial charge in [-0.25, -0.2) is 0 Å². The summed E-state index contributed by atoms with van der Waals surface area (Å²) in [6, 6.07) is 5.85. The second-order valence-electron chi connectivity index (χ2n) is 5.88. The molecule has 1 aromatic carbocycles. The van der Waals surface area contributed by atoms with Gasteiger partial charge >= 0.3 is 0 Å². The summed E-state index contributed by atoms with van der Waals surface area (Å²) in [6.45, 7) is 6.71. The van der Waals surface area contributed by atoms with Crippen LogP contribution in [0, 0.1) is 0 Å². The molecule has 2 rings (SSSR count). The zero-order valence-electron chi connectivity index (χ0n) is 14.7. The quantitative estimate of drug-likeness (QED) is 0.357. The molecule has 25 heavy (non-hydrogen) atoms. The summed E-state index contributed by atoms with van der Waals surface area (Å²) in [6.07, 6.45) is 3.06. The minimum atomic E-state index is 0.270. The van der Waals surface area contributed by atoms with Gasteiger partial charge in [-0.1, -0.05) is 27.5 Å². The Morgan fingerprint density at radius 1 is 1.44 bits per heavy atom. The molecule has 1 saturated heterocycles. The molecule has 1 unspecified atom stereocenters. The molecule has 0 aliphatic carbocycles. The smallest absolute Gasteiger partial charge is 0.191 e. The molecule has 1 aromatic rings. The lowest BCUT2D eigenvalue weighted by Crippen LogP contribution is -2.38. The summed E-state index contributed by atoms with van der Waals surface area (Å²) >= 11 is 9.62. The SMILES string of the molecule is CCNC(=NCCCOC1CCOC1)NCCc1cc(Cl)ccc1Br. The predicted molar refractivity (Wildman–Crippen MR) is 107 cm³/mol. The Balaban J connectivity index is 1.68. The summed E-state index contributed by atoms with van der Waals surface area (Å²) in [5.74, 6) is 0.838. The van der Waals surface area contributed by atoms with Crippen molar-refractivity contribution >= 4 is 33.5 Å². The number of aliphatic imine (C=N–C) groups is 1. The highest BCUT2D eigenvalue weighted by molar-refractivity contribution is 9.10. The first-order valence-corrected chi connectivity index (χ1v) is 10.0. The first kappa shape index (κ1) is 20.5. The van der Waals surface area contributed by atoms with Crippen molar-refractivity contribution in [2.24, 2.45) is 4.99 Å². The van der Waals surface area contributed by atoms with Crippen LogP contribution in [0.3, 0.4) is 0 Å². The third-order valence-electron chi connectivity index (χ3n) is 3.85. The third kappa shape index (κ3) is 7.94. The Morgan fingerprint density at radius 3 is 3.08 bits per heavy atom. The molecule has 7 heteroatoms. The van der Waals surface area contributed by atoms with Crippen LogP contribution in [0.5, 0.6) is 0 Å². The largest absolute Gasteiger partial charge is 0.379 e. The summed E-state index contributed by atoms with van der Waals surface area (Å²) in [4.78, 5) is 4.59. The molecule has 0 amide bonds. The van der Waals surface area contributed by atoms with Crippen LogP contribution in [-0.2, 0) is 15.9 Å². The fraction of sp³-hybridized carbons (Fsp3) is 0.611. The van der Waals surface area contributed by atoms with Crippen LogP contribution >= 0.6 is 27.5 Å². The van der Waals surface area contributed by atoms with E-state index in [1.165, 1.54) is 5.56 Å². The van der Waals surface area contributed by atoms with Gasteiger partial charge in [0.25, 0.3) is 0 Å². The minimum Gasteiger partial charge on any atom is -0.379 e. The van der Waals surface area contributed by atoms with Gasteiger partial charge in [-0.05, 0) is 49.9 Å². The van der Waals surface area contributed by atoms with Crippen LogP contribution in [0.1, 0.15) is 25.3 Å². The molecular weight excluding hydrogens is 406 g/mol. The minimum absolute atomic E-state index is 0.270. The van der Waals surface area contributed by atoms with Gasteiger partial charge in [-0.3, -0.25) is 4.99 Å². The van der Waals surface area contributed by atoms with Gasteiger partial charge in [-0.2, -0.15) is 0 Å². The fourth-order valence-corrected chi connectivity index (χ4v) is 3.18. The van der Waals surface area contributed by atoms with Gasteiger partial charge in [0.2, 0.25) is 0 Å². The van der Waals surface area contributed by atoms with Crippen molar-refractivity contribution in [3.8, 4) is 0 Å². The van der Waals surface area contributed by atoms with E-state index in [0.29, 0.717) is 0 Å². The number of ether oxygens (including phenoxy) is 2. The van der Waals surface area contributed by atoms with E-state index < -0.39 is 0 Å². The van der Waals surface area contributed by atoms with Crippen molar-refractivity contribution in [2.45, 2.75) is 32.3 Å². The Kier molecular flexibility index (Phi) is 9.61. The molecule has 1 heterocycles. The second kappa shape index (κ2) is 11.7. The van der Waals surface area contributed by atoms with Crippen LogP contribution < -0.4 is 10.6 Å². The molecule has 0 spiro atoms. The molecule has 0 radical (unpaired) electrons. The highest BCUT2D eigenvalue weighted by Crippen LogP contribution is 2.21. The van der Waals surface area contributed by atoms with Crippen molar-refractivity contribution in [3.05, 3.63) is 33.3 Å². The number of guanidine groups is 1. The maximum absolute atomic E-state index is 6.06. The lowest BCUT2D eigenvalue weighted by atomic mass is 10.1. The van der Waals surface area contributed by atoms with Crippen molar-refractivity contribution in [2.75, 3.05) is 39.5 Å². The number of benzene rings is 1. The standard InChI is InChI=1S/C18H27BrClN3O2/c1-2-21-18(22-8-3-10-25-16-7-11-24-13-16)23-9-6-14-12-15(20)4-5-17(14)19/h4-5,12,16H,2-3,6-11,13H2,1H3,(H2,21,22,23). The van der Waals surface area contributed by atoms with Gasteiger partial charge < -0.3 is 20.1 Å². The topological polar surface area (TPSA) is 54.9 Å². The Hall–Kier alpha value is -0.820. The summed E-state index contributed by atoms with van der Waals surface area (Å²) in [5, 5.41) is 7.39. The van der Waals surface area contributed by atoms with E-state index >= 15 is 0 Å². The van der Waals surface area contributed by atoms with E-state index in [9.17, 15) is 0 Å². The van der Waals surface area contributed by atoms with Crippen molar-refractivity contribution in [3.63, 3.8) is 0 Å². The van der Waals surface area contributed by atoms with Gasteiger partial charge in [0.15, 0.2) is 5.96 Å². The van der Waals surface area contributed by atoms with Crippen molar-refractivity contribution in [1.82, 2.24) is 10.6 Å². The molecular formula is C18H27BrClN3O2. The first-order valence-electron chi connectivity index (χ1n) is 8.84. The number of nitrogens with one attached hydrogen (secondary N) is 2. The van der Waals surface area contributed by atoms with E-state index in [2.05, 4.69) is 38.5 Å². The zero-order valence-corrected chi connectivity index (χ0v) is 17.0. The Bertz CT molecular complexity index is 551. The maximum Gasteiger partial charge on any atom is 0.191 e. The summed E-state index contributed by atoms with van der Waals surface area (Å²) < 4.78 is 12.1. The molecule has 0 saturated carbocycles. The zero-order chi connectivity index (χ0) is 17.9. The molecule has 1 aliphatic rings. The highest BCUT2D eigenvalue weighted by Gasteiger charge is 2.15. The molecule has 1 fully saturated rings. The second-order valence-corrected chi connectivity index (χ2v) is 7.17. The summed E-state index contributed by atoms with van der Waals surface area (Å²) in [5.41, 5.74) is 1.18. The average molecular weight is 433 g/mol. The highest BCUT2D eigenvalue weighted by atomic mass is 79.9. The molecule has 1 atom stereocenters. The normalized spacial score (nSPS) is 17.7.